The number of carbonyl (C=O) groups excluding carboxylic acids is 1. The molecule has 2 N–H and O–H groups in total. The number of hydrogen-bond acceptors (Lipinski definition) is 5. The predicted molar refractivity (Wildman–Crippen MR) is 140 cm³/mol. The normalized spacial score (nSPS) is 15.5. The molecule has 3 rings (SSSR count). The number of rotatable bonds is 12. The van der Waals surface area contributed by atoms with Crippen LogP contribution < -0.4 is 5.32 Å². The Labute approximate surface area is 209 Å². The second-order valence-corrected chi connectivity index (χ2v) is 11.5. The molecule has 2 aromatic rings. The van der Waals surface area contributed by atoms with Crippen molar-refractivity contribution in [3.8, 4) is 0 Å². The molecule has 8 heteroatoms. The molecule has 0 aromatic heterocycles. The van der Waals surface area contributed by atoms with Crippen LogP contribution in [0.15, 0.2) is 59.6 Å². The maximum atomic E-state index is 13.7. The monoisotopic (exact) mass is 499 g/mol. The molecule has 0 saturated carbocycles. The van der Waals surface area contributed by atoms with Crippen molar-refractivity contribution in [1.82, 2.24) is 9.21 Å². The van der Waals surface area contributed by atoms with E-state index < -0.39 is 16.1 Å². The van der Waals surface area contributed by atoms with Gasteiger partial charge in [0.15, 0.2) is 0 Å². The molecule has 0 saturated heterocycles. The molecule has 0 spiro atoms. The summed E-state index contributed by atoms with van der Waals surface area (Å²) in [6, 6.07) is 14.6. The number of aryl methyl sites for hydroxylation is 1. The van der Waals surface area contributed by atoms with Crippen LogP contribution in [-0.2, 0) is 21.2 Å². The van der Waals surface area contributed by atoms with E-state index >= 15 is 0 Å². The Balaban J connectivity index is 1.84. The van der Waals surface area contributed by atoms with Crippen molar-refractivity contribution < 1.29 is 18.3 Å². The molecule has 1 aliphatic rings. The molecule has 0 bridgehead atoms. The molecule has 1 heterocycles. The van der Waals surface area contributed by atoms with Gasteiger partial charge in [0.05, 0.1) is 16.6 Å². The first-order valence-electron chi connectivity index (χ1n) is 12.2. The van der Waals surface area contributed by atoms with Gasteiger partial charge in [0.1, 0.15) is 0 Å². The summed E-state index contributed by atoms with van der Waals surface area (Å²) in [6.07, 6.45) is 3.04. The number of fused-ring (bicyclic) bond motifs is 1. The van der Waals surface area contributed by atoms with Gasteiger partial charge in [0.25, 0.3) is 5.91 Å². The Kier molecular flexibility index (Phi) is 9.10. The number of benzene rings is 2. The lowest BCUT2D eigenvalue weighted by Gasteiger charge is -2.26. The lowest BCUT2D eigenvalue weighted by atomic mass is 10.1. The summed E-state index contributed by atoms with van der Waals surface area (Å²) in [5.41, 5.74) is 2.73. The Morgan fingerprint density at radius 3 is 2.46 bits per heavy atom. The molecule has 1 aliphatic heterocycles. The second kappa shape index (κ2) is 11.8. The zero-order valence-corrected chi connectivity index (χ0v) is 21.9. The van der Waals surface area contributed by atoms with Gasteiger partial charge in [0.2, 0.25) is 10.0 Å². The summed E-state index contributed by atoms with van der Waals surface area (Å²) >= 11 is 0. The first kappa shape index (κ1) is 26.9. The average Bonchev–Trinajstić information content (AvgIpc) is 3.12. The third-order valence-corrected chi connectivity index (χ3v) is 7.76. The Morgan fingerprint density at radius 1 is 1.09 bits per heavy atom. The van der Waals surface area contributed by atoms with E-state index in [4.69, 9.17) is 0 Å². The van der Waals surface area contributed by atoms with Crippen LogP contribution in [0.25, 0.3) is 5.57 Å². The standard InChI is InChI=1S/C27H37N3O4S/c1-5-15-29(4)19-25-24-16-23(13-14-26(24)28-27(25)32)35(33,34)30(17-20(2)3)18-22(31)12-11-21-9-7-6-8-10-21/h6-10,13-14,16,19-20,22,31H,5,11-12,15,17-18H2,1-4H3,(H,28,32). The zero-order chi connectivity index (χ0) is 25.6. The number of nitrogens with one attached hydrogen (secondary N) is 1. The van der Waals surface area contributed by atoms with E-state index in [1.165, 1.54) is 10.4 Å². The lowest BCUT2D eigenvalue weighted by molar-refractivity contribution is -0.110. The summed E-state index contributed by atoms with van der Waals surface area (Å²) in [5, 5.41) is 13.5. The first-order valence-corrected chi connectivity index (χ1v) is 13.7. The molecule has 190 valence electrons. The predicted octanol–water partition coefficient (Wildman–Crippen LogP) is 3.96. The number of amides is 1. The van der Waals surface area contributed by atoms with E-state index in [1.54, 1.807) is 18.3 Å². The number of aliphatic hydroxyl groups is 1. The molecule has 1 amide bonds. The maximum Gasteiger partial charge on any atom is 0.257 e. The largest absolute Gasteiger partial charge is 0.392 e. The number of hydrogen-bond donors (Lipinski definition) is 2. The van der Waals surface area contributed by atoms with Crippen molar-refractivity contribution in [3.05, 3.63) is 65.9 Å². The van der Waals surface area contributed by atoms with Gasteiger partial charge in [-0.3, -0.25) is 4.79 Å². The summed E-state index contributed by atoms with van der Waals surface area (Å²) < 4.78 is 28.7. The highest BCUT2D eigenvalue weighted by Crippen LogP contribution is 2.34. The Bertz CT molecular complexity index is 1150. The van der Waals surface area contributed by atoms with E-state index in [1.807, 2.05) is 56.1 Å². The molecule has 0 radical (unpaired) electrons. The zero-order valence-electron chi connectivity index (χ0n) is 21.1. The highest BCUT2D eigenvalue weighted by atomic mass is 32.2. The summed E-state index contributed by atoms with van der Waals surface area (Å²) in [5.74, 6) is -0.158. The summed E-state index contributed by atoms with van der Waals surface area (Å²) in [4.78, 5) is 14.6. The van der Waals surface area contributed by atoms with E-state index in [2.05, 4.69) is 12.2 Å². The summed E-state index contributed by atoms with van der Waals surface area (Å²) in [6.45, 7) is 7.06. The third-order valence-electron chi connectivity index (χ3n) is 5.93. The number of sulfonamides is 1. The molecule has 1 atom stereocenters. The van der Waals surface area contributed by atoms with Crippen molar-refractivity contribution in [2.45, 2.75) is 51.0 Å². The molecule has 1 unspecified atom stereocenters. The Morgan fingerprint density at radius 2 is 1.80 bits per heavy atom. The minimum absolute atomic E-state index is 0.0174. The van der Waals surface area contributed by atoms with Gasteiger partial charge >= 0.3 is 0 Å². The highest BCUT2D eigenvalue weighted by Gasteiger charge is 2.31. The van der Waals surface area contributed by atoms with Crippen LogP contribution in [-0.4, -0.2) is 61.4 Å². The van der Waals surface area contributed by atoms with Crippen LogP contribution in [0, 0.1) is 5.92 Å². The SMILES string of the molecule is CCCN(C)C=C1C(=O)Nc2ccc(S(=O)(=O)N(CC(C)C)CC(O)CCc3ccccc3)cc21. The maximum absolute atomic E-state index is 13.7. The van der Waals surface area contributed by atoms with E-state index in [-0.39, 0.29) is 23.3 Å². The van der Waals surface area contributed by atoms with Crippen molar-refractivity contribution in [3.63, 3.8) is 0 Å². The molecule has 35 heavy (non-hydrogen) atoms. The fraction of sp³-hybridized carbons (Fsp3) is 0.444. The van der Waals surface area contributed by atoms with Crippen LogP contribution in [0.4, 0.5) is 5.69 Å². The quantitative estimate of drug-likeness (QED) is 0.432. The molecular formula is C27H37N3O4S. The minimum Gasteiger partial charge on any atom is -0.392 e. The van der Waals surface area contributed by atoms with Crippen LogP contribution >= 0.6 is 0 Å². The van der Waals surface area contributed by atoms with E-state index in [0.717, 1.165) is 18.5 Å². The van der Waals surface area contributed by atoms with Gasteiger partial charge < -0.3 is 15.3 Å². The fourth-order valence-corrected chi connectivity index (χ4v) is 5.89. The van der Waals surface area contributed by atoms with Gasteiger partial charge in [-0.1, -0.05) is 51.1 Å². The van der Waals surface area contributed by atoms with E-state index in [0.29, 0.717) is 36.2 Å². The molecule has 0 aliphatic carbocycles. The molecular weight excluding hydrogens is 462 g/mol. The molecule has 2 aromatic carbocycles. The van der Waals surface area contributed by atoms with Crippen molar-refractivity contribution >= 4 is 27.2 Å². The summed E-state index contributed by atoms with van der Waals surface area (Å²) in [7, 11) is -1.99. The van der Waals surface area contributed by atoms with Gasteiger partial charge in [-0.15, -0.1) is 0 Å². The van der Waals surface area contributed by atoms with Gasteiger partial charge in [0, 0.05) is 44.1 Å². The fourth-order valence-electron chi connectivity index (χ4n) is 4.22. The smallest absolute Gasteiger partial charge is 0.257 e. The van der Waals surface area contributed by atoms with Crippen LogP contribution in [0.1, 0.15) is 44.7 Å². The van der Waals surface area contributed by atoms with Crippen LogP contribution in [0.3, 0.4) is 0 Å². The average molecular weight is 500 g/mol. The van der Waals surface area contributed by atoms with Crippen molar-refractivity contribution in [2.24, 2.45) is 5.92 Å². The number of anilines is 1. The van der Waals surface area contributed by atoms with Crippen molar-refractivity contribution in [2.75, 3.05) is 32.0 Å². The van der Waals surface area contributed by atoms with Gasteiger partial charge in [-0.25, -0.2) is 8.42 Å². The topological polar surface area (TPSA) is 90.0 Å². The Hall–Kier alpha value is -2.68. The number of nitrogens with zero attached hydrogens (tertiary/aromatic N) is 2. The third kappa shape index (κ3) is 6.93. The van der Waals surface area contributed by atoms with Gasteiger partial charge in [-0.2, -0.15) is 4.31 Å². The second-order valence-electron chi connectivity index (χ2n) is 9.58. The van der Waals surface area contributed by atoms with Gasteiger partial charge in [-0.05, 0) is 48.9 Å². The molecule has 7 nitrogen and oxygen atoms in total. The number of aliphatic hydroxyl groups excluding tert-OH is 1. The molecule has 0 fully saturated rings. The van der Waals surface area contributed by atoms with Crippen molar-refractivity contribution in [1.29, 1.82) is 0 Å². The number of carbonyl (C=O) groups is 1. The van der Waals surface area contributed by atoms with Crippen LogP contribution in [0.2, 0.25) is 0 Å². The highest BCUT2D eigenvalue weighted by molar-refractivity contribution is 7.89. The lowest BCUT2D eigenvalue weighted by Crippen LogP contribution is -2.40. The first-order chi connectivity index (χ1) is 16.6. The van der Waals surface area contributed by atoms with Crippen LogP contribution in [0.5, 0.6) is 0 Å². The minimum atomic E-state index is -3.88. The van der Waals surface area contributed by atoms with E-state index in [9.17, 15) is 18.3 Å².